The van der Waals surface area contributed by atoms with Crippen LogP contribution < -0.4 is 10.6 Å². The van der Waals surface area contributed by atoms with Crippen LogP contribution in [0, 0.1) is 0 Å². The van der Waals surface area contributed by atoms with E-state index < -0.39 is 0 Å². The van der Waals surface area contributed by atoms with E-state index >= 15 is 0 Å². The SMILES string of the molecule is CC(NC(=O)Nc1ccc(-n2cnnn2)cc1)c1cccc(Br)c1. The van der Waals surface area contributed by atoms with E-state index in [9.17, 15) is 4.79 Å². The number of carbonyl (C=O) groups excluding carboxylic acids is 1. The molecular weight excluding hydrogens is 372 g/mol. The van der Waals surface area contributed by atoms with Gasteiger partial charge in [0.25, 0.3) is 0 Å². The summed E-state index contributed by atoms with van der Waals surface area (Å²) in [6, 6.07) is 14.7. The van der Waals surface area contributed by atoms with E-state index in [0.717, 1.165) is 15.7 Å². The van der Waals surface area contributed by atoms with Gasteiger partial charge in [0, 0.05) is 10.2 Å². The lowest BCUT2D eigenvalue weighted by Crippen LogP contribution is -2.31. The van der Waals surface area contributed by atoms with Crippen LogP contribution in [0.25, 0.3) is 5.69 Å². The topological polar surface area (TPSA) is 84.7 Å². The molecule has 0 aliphatic heterocycles. The molecular formula is C16H15BrN6O. The lowest BCUT2D eigenvalue weighted by atomic mass is 10.1. The number of benzene rings is 2. The second kappa shape index (κ2) is 7.22. The molecule has 3 rings (SSSR count). The highest BCUT2D eigenvalue weighted by Crippen LogP contribution is 2.18. The fraction of sp³-hybridized carbons (Fsp3) is 0.125. The Morgan fingerprint density at radius 2 is 2.00 bits per heavy atom. The number of amides is 2. The fourth-order valence-electron chi connectivity index (χ4n) is 2.20. The summed E-state index contributed by atoms with van der Waals surface area (Å²) in [6.45, 7) is 1.93. The third-order valence-electron chi connectivity index (χ3n) is 3.44. The van der Waals surface area contributed by atoms with Gasteiger partial charge in [-0.15, -0.1) is 5.10 Å². The van der Waals surface area contributed by atoms with Gasteiger partial charge >= 0.3 is 6.03 Å². The van der Waals surface area contributed by atoms with Gasteiger partial charge in [-0.05, 0) is 59.3 Å². The summed E-state index contributed by atoms with van der Waals surface area (Å²) in [5.74, 6) is 0. The molecule has 0 saturated carbocycles. The first-order valence-electron chi connectivity index (χ1n) is 7.28. The first-order valence-corrected chi connectivity index (χ1v) is 8.07. The number of hydrogen-bond acceptors (Lipinski definition) is 4. The molecule has 0 aliphatic rings. The number of tetrazole rings is 1. The zero-order valence-corrected chi connectivity index (χ0v) is 14.4. The van der Waals surface area contributed by atoms with Gasteiger partial charge in [0.2, 0.25) is 0 Å². The highest BCUT2D eigenvalue weighted by molar-refractivity contribution is 9.10. The number of nitrogens with zero attached hydrogens (tertiary/aromatic N) is 4. The second-order valence-electron chi connectivity index (χ2n) is 5.18. The minimum absolute atomic E-state index is 0.108. The van der Waals surface area contributed by atoms with Crippen molar-refractivity contribution < 1.29 is 4.79 Å². The van der Waals surface area contributed by atoms with Crippen molar-refractivity contribution in [1.29, 1.82) is 0 Å². The highest BCUT2D eigenvalue weighted by atomic mass is 79.9. The van der Waals surface area contributed by atoms with E-state index in [1.54, 1.807) is 16.8 Å². The number of carbonyl (C=O) groups is 1. The smallest absolute Gasteiger partial charge is 0.319 e. The first kappa shape index (κ1) is 16.1. The van der Waals surface area contributed by atoms with Gasteiger partial charge in [-0.25, -0.2) is 9.48 Å². The average molecular weight is 387 g/mol. The molecule has 3 aromatic rings. The molecule has 0 spiro atoms. The lowest BCUT2D eigenvalue weighted by Gasteiger charge is -2.15. The van der Waals surface area contributed by atoms with Crippen LogP contribution in [0.15, 0.2) is 59.3 Å². The summed E-state index contributed by atoms with van der Waals surface area (Å²) in [5, 5.41) is 16.7. The van der Waals surface area contributed by atoms with Crippen molar-refractivity contribution in [3.63, 3.8) is 0 Å². The van der Waals surface area contributed by atoms with E-state index in [2.05, 4.69) is 42.1 Å². The van der Waals surface area contributed by atoms with Crippen LogP contribution in [-0.2, 0) is 0 Å². The molecule has 0 bridgehead atoms. The molecule has 1 unspecified atom stereocenters. The Kier molecular flexibility index (Phi) is 4.85. The molecule has 2 N–H and O–H groups in total. The van der Waals surface area contributed by atoms with Crippen LogP contribution in [-0.4, -0.2) is 26.2 Å². The minimum atomic E-state index is -0.266. The molecule has 1 atom stereocenters. The number of rotatable bonds is 4. The van der Waals surface area contributed by atoms with Crippen molar-refractivity contribution >= 4 is 27.6 Å². The summed E-state index contributed by atoms with van der Waals surface area (Å²) in [4.78, 5) is 12.1. The maximum absolute atomic E-state index is 12.1. The Morgan fingerprint density at radius 3 is 2.67 bits per heavy atom. The van der Waals surface area contributed by atoms with Gasteiger partial charge < -0.3 is 10.6 Å². The Morgan fingerprint density at radius 1 is 1.21 bits per heavy atom. The third-order valence-corrected chi connectivity index (χ3v) is 3.93. The molecule has 24 heavy (non-hydrogen) atoms. The van der Waals surface area contributed by atoms with Crippen LogP contribution in [0.5, 0.6) is 0 Å². The zero-order valence-electron chi connectivity index (χ0n) is 12.8. The van der Waals surface area contributed by atoms with E-state index in [-0.39, 0.29) is 12.1 Å². The van der Waals surface area contributed by atoms with Crippen LogP contribution in [0.1, 0.15) is 18.5 Å². The van der Waals surface area contributed by atoms with Crippen LogP contribution >= 0.6 is 15.9 Å². The predicted octanol–water partition coefficient (Wildman–Crippen LogP) is 3.31. The van der Waals surface area contributed by atoms with Crippen LogP contribution in [0.2, 0.25) is 0 Å². The maximum Gasteiger partial charge on any atom is 0.319 e. The summed E-state index contributed by atoms with van der Waals surface area (Å²) >= 11 is 3.43. The molecule has 8 heteroatoms. The van der Waals surface area contributed by atoms with Crippen molar-refractivity contribution in [1.82, 2.24) is 25.5 Å². The quantitative estimate of drug-likeness (QED) is 0.720. The Hall–Kier alpha value is -2.74. The number of nitrogens with one attached hydrogen (secondary N) is 2. The Bertz CT molecular complexity index is 819. The van der Waals surface area contributed by atoms with E-state index in [1.165, 1.54) is 6.33 Å². The minimum Gasteiger partial charge on any atom is -0.331 e. The molecule has 0 saturated heterocycles. The van der Waals surface area contributed by atoms with E-state index in [4.69, 9.17) is 0 Å². The van der Waals surface area contributed by atoms with Crippen molar-refractivity contribution in [3.05, 3.63) is 64.9 Å². The largest absolute Gasteiger partial charge is 0.331 e. The number of urea groups is 1. The second-order valence-corrected chi connectivity index (χ2v) is 6.09. The summed E-state index contributed by atoms with van der Waals surface area (Å²) in [7, 11) is 0. The normalized spacial score (nSPS) is 11.8. The van der Waals surface area contributed by atoms with Crippen LogP contribution in [0.4, 0.5) is 10.5 Å². The van der Waals surface area contributed by atoms with E-state index in [1.807, 2.05) is 43.3 Å². The predicted molar refractivity (Wildman–Crippen MR) is 93.9 cm³/mol. The van der Waals surface area contributed by atoms with Crippen LogP contribution in [0.3, 0.4) is 0 Å². The summed E-state index contributed by atoms with van der Waals surface area (Å²) in [5.41, 5.74) is 2.52. The van der Waals surface area contributed by atoms with Gasteiger partial charge in [0.15, 0.2) is 0 Å². The molecule has 7 nitrogen and oxygen atoms in total. The van der Waals surface area contributed by atoms with E-state index in [0.29, 0.717) is 5.69 Å². The number of anilines is 1. The van der Waals surface area contributed by atoms with Crippen molar-refractivity contribution in [2.45, 2.75) is 13.0 Å². The summed E-state index contributed by atoms with van der Waals surface area (Å²) in [6.07, 6.45) is 1.51. The monoisotopic (exact) mass is 386 g/mol. The molecule has 1 aromatic heterocycles. The standard InChI is InChI=1S/C16H15BrN6O/c1-11(12-3-2-4-13(17)9-12)19-16(24)20-14-5-7-15(8-6-14)23-10-18-21-22-23/h2-11H,1H3,(H2,19,20,24). The number of aromatic nitrogens is 4. The van der Waals surface area contributed by atoms with Crippen molar-refractivity contribution in [2.24, 2.45) is 0 Å². The lowest BCUT2D eigenvalue weighted by molar-refractivity contribution is 0.249. The highest BCUT2D eigenvalue weighted by Gasteiger charge is 2.10. The summed E-state index contributed by atoms with van der Waals surface area (Å²) < 4.78 is 2.52. The maximum atomic E-state index is 12.1. The van der Waals surface area contributed by atoms with Gasteiger partial charge in [0.05, 0.1) is 11.7 Å². The third kappa shape index (κ3) is 3.96. The molecule has 2 aromatic carbocycles. The van der Waals surface area contributed by atoms with Gasteiger partial charge in [0.1, 0.15) is 6.33 Å². The van der Waals surface area contributed by atoms with Crippen molar-refractivity contribution in [3.8, 4) is 5.69 Å². The zero-order chi connectivity index (χ0) is 16.9. The Balaban J connectivity index is 1.60. The molecule has 0 radical (unpaired) electrons. The molecule has 2 amide bonds. The molecule has 1 heterocycles. The molecule has 122 valence electrons. The van der Waals surface area contributed by atoms with Gasteiger partial charge in [-0.1, -0.05) is 28.1 Å². The van der Waals surface area contributed by atoms with Gasteiger partial charge in [-0.3, -0.25) is 0 Å². The van der Waals surface area contributed by atoms with Crippen molar-refractivity contribution in [2.75, 3.05) is 5.32 Å². The molecule has 0 fully saturated rings. The number of hydrogen-bond donors (Lipinski definition) is 2. The fourth-order valence-corrected chi connectivity index (χ4v) is 2.62. The molecule has 0 aliphatic carbocycles. The van der Waals surface area contributed by atoms with Gasteiger partial charge in [-0.2, -0.15) is 0 Å². The number of halogens is 1. The Labute approximate surface area is 147 Å². The average Bonchev–Trinajstić information content (AvgIpc) is 3.10. The first-order chi connectivity index (χ1) is 11.6.